The number of hydrogen-bond acceptors (Lipinski definition) is 6. The third-order valence-electron chi connectivity index (χ3n) is 2.36. The number of anilines is 1. The van der Waals surface area contributed by atoms with Gasteiger partial charge in [0.2, 0.25) is 5.28 Å². The highest BCUT2D eigenvalue weighted by atomic mass is 35.5. The van der Waals surface area contributed by atoms with Crippen molar-refractivity contribution in [2.45, 2.75) is 0 Å². The van der Waals surface area contributed by atoms with E-state index in [4.69, 9.17) is 27.9 Å². The van der Waals surface area contributed by atoms with Crippen LogP contribution in [0.2, 0.25) is 10.4 Å². The van der Waals surface area contributed by atoms with E-state index in [1.165, 1.54) is 6.20 Å². The Morgan fingerprint density at radius 1 is 1.24 bits per heavy atom. The number of benzene rings is 1. The number of carbonyl (C=O) groups excluding carboxylic acids is 1. The second-order valence-corrected chi connectivity index (χ2v) is 4.61. The van der Waals surface area contributed by atoms with Gasteiger partial charge in [-0.2, -0.15) is 0 Å². The maximum Gasteiger partial charge on any atom is 0.325 e. The molecule has 0 aliphatic rings. The molecule has 2 N–H and O–H groups in total. The van der Waals surface area contributed by atoms with E-state index >= 15 is 0 Å². The first kappa shape index (κ1) is 15.5. The zero-order valence-corrected chi connectivity index (χ0v) is 12.4. The average Bonchev–Trinajstić information content (AvgIpc) is 2.46. The first-order valence-corrected chi connectivity index (χ1v) is 6.79. The molecule has 0 radical (unpaired) electrons. The minimum atomic E-state index is -0.388. The van der Waals surface area contributed by atoms with Crippen molar-refractivity contribution in [2.24, 2.45) is 0 Å². The number of halogens is 2. The maximum atomic E-state index is 11.6. The molecule has 0 saturated carbocycles. The van der Waals surface area contributed by atoms with E-state index in [-0.39, 0.29) is 23.0 Å². The molecule has 1 heterocycles. The van der Waals surface area contributed by atoms with E-state index in [2.05, 4.69) is 20.6 Å². The average molecular weight is 327 g/mol. The fraction of sp³-hybridized carbons (Fsp3) is 0.154. The third kappa shape index (κ3) is 5.18. The fourth-order valence-corrected chi connectivity index (χ4v) is 1.81. The number of esters is 1. The Hall–Kier alpha value is -1.89. The van der Waals surface area contributed by atoms with Crippen LogP contribution < -0.4 is 15.4 Å². The van der Waals surface area contributed by atoms with Gasteiger partial charge >= 0.3 is 5.97 Å². The summed E-state index contributed by atoms with van der Waals surface area (Å²) in [7, 11) is 0. The molecule has 2 rings (SSSR count). The molecular formula is C13H12Cl2N4O2. The lowest BCUT2D eigenvalue weighted by Crippen LogP contribution is -2.30. The molecule has 0 bridgehead atoms. The first-order valence-electron chi connectivity index (χ1n) is 6.03. The number of para-hydroxylation sites is 1. The molecule has 21 heavy (non-hydrogen) atoms. The van der Waals surface area contributed by atoms with Crippen molar-refractivity contribution in [1.29, 1.82) is 0 Å². The number of nitrogens with one attached hydrogen (secondary N) is 2. The van der Waals surface area contributed by atoms with Gasteiger partial charge in [0.25, 0.3) is 0 Å². The van der Waals surface area contributed by atoms with E-state index in [9.17, 15) is 4.79 Å². The van der Waals surface area contributed by atoms with E-state index in [1.807, 2.05) is 6.07 Å². The Kier molecular flexibility index (Phi) is 5.74. The standard InChI is InChI=1S/C13H12Cl2N4O2/c14-12-10(6-17-13(15)19-12)18-8-16-7-11(20)21-9-4-2-1-3-5-9/h1-6,16,18H,7-8H2. The molecule has 0 aliphatic carbocycles. The first-order chi connectivity index (χ1) is 10.1. The molecule has 6 nitrogen and oxygen atoms in total. The third-order valence-corrected chi connectivity index (χ3v) is 2.83. The summed E-state index contributed by atoms with van der Waals surface area (Å²) in [6.07, 6.45) is 1.46. The minimum absolute atomic E-state index is 0.0496. The van der Waals surface area contributed by atoms with E-state index in [0.29, 0.717) is 18.1 Å². The molecule has 8 heteroatoms. The molecule has 1 aromatic heterocycles. The number of nitrogens with zero attached hydrogens (tertiary/aromatic N) is 2. The van der Waals surface area contributed by atoms with Gasteiger partial charge in [0.1, 0.15) is 5.75 Å². The van der Waals surface area contributed by atoms with E-state index < -0.39 is 0 Å². The van der Waals surface area contributed by atoms with Gasteiger partial charge in [-0.05, 0) is 23.7 Å². The van der Waals surface area contributed by atoms with Gasteiger partial charge in [0.05, 0.1) is 25.1 Å². The number of ether oxygens (including phenoxy) is 1. The highest BCUT2D eigenvalue weighted by molar-refractivity contribution is 6.33. The maximum absolute atomic E-state index is 11.6. The van der Waals surface area contributed by atoms with Crippen molar-refractivity contribution in [3.8, 4) is 5.75 Å². The van der Waals surface area contributed by atoms with Crippen LogP contribution in [-0.4, -0.2) is 29.2 Å². The number of carbonyl (C=O) groups is 1. The van der Waals surface area contributed by atoms with Crippen LogP contribution in [0.5, 0.6) is 5.75 Å². The van der Waals surface area contributed by atoms with Crippen LogP contribution in [0.25, 0.3) is 0 Å². The van der Waals surface area contributed by atoms with Crippen molar-refractivity contribution >= 4 is 34.9 Å². The summed E-state index contributed by atoms with van der Waals surface area (Å²) in [6.45, 7) is 0.350. The van der Waals surface area contributed by atoms with Gasteiger partial charge in [0.15, 0.2) is 5.15 Å². The van der Waals surface area contributed by atoms with Gasteiger partial charge < -0.3 is 10.1 Å². The molecule has 1 aromatic carbocycles. The fourth-order valence-electron chi connectivity index (χ4n) is 1.44. The second kappa shape index (κ2) is 7.78. The molecule has 2 aromatic rings. The van der Waals surface area contributed by atoms with Crippen molar-refractivity contribution in [1.82, 2.24) is 15.3 Å². The van der Waals surface area contributed by atoms with Gasteiger partial charge in [0, 0.05) is 0 Å². The van der Waals surface area contributed by atoms with Crippen LogP contribution in [0.1, 0.15) is 0 Å². The minimum Gasteiger partial charge on any atom is -0.426 e. The van der Waals surface area contributed by atoms with Crippen molar-refractivity contribution in [3.05, 3.63) is 47.0 Å². The van der Waals surface area contributed by atoms with Crippen LogP contribution in [0.15, 0.2) is 36.5 Å². The van der Waals surface area contributed by atoms with Gasteiger partial charge in [-0.25, -0.2) is 9.97 Å². The van der Waals surface area contributed by atoms with Crippen molar-refractivity contribution in [3.63, 3.8) is 0 Å². The Balaban J connectivity index is 1.71. The normalized spacial score (nSPS) is 10.2. The van der Waals surface area contributed by atoms with E-state index in [0.717, 1.165) is 0 Å². The lowest BCUT2D eigenvalue weighted by molar-refractivity contribution is -0.133. The summed E-state index contributed by atoms with van der Waals surface area (Å²) in [5.41, 5.74) is 0.519. The topological polar surface area (TPSA) is 76.1 Å². The van der Waals surface area contributed by atoms with E-state index in [1.54, 1.807) is 24.3 Å². The van der Waals surface area contributed by atoms with Gasteiger partial charge in [-0.1, -0.05) is 29.8 Å². The Labute approximate surface area is 131 Å². The second-order valence-electron chi connectivity index (χ2n) is 3.91. The van der Waals surface area contributed by atoms with Gasteiger partial charge in [-0.15, -0.1) is 0 Å². The lowest BCUT2D eigenvalue weighted by atomic mass is 10.3. The molecule has 0 atom stereocenters. The monoisotopic (exact) mass is 326 g/mol. The number of aromatic nitrogens is 2. The zero-order valence-electron chi connectivity index (χ0n) is 10.8. The summed E-state index contributed by atoms with van der Waals surface area (Å²) in [5.74, 6) is 0.118. The molecule has 0 amide bonds. The van der Waals surface area contributed by atoms with Crippen LogP contribution in [-0.2, 0) is 4.79 Å². The molecule has 0 spiro atoms. The molecule has 110 valence electrons. The van der Waals surface area contributed by atoms with Crippen LogP contribution in [0.4, 0.5) is 5.69 Å². The predicted octanol–water partition coefficient (Wildman–Crippen LogP) is 2.35. The lowest BCUT2D eigenvalue weighted by Gasteiger charge is -2.09. The summed E-state index contributed by atoms with van der Waals surface area (Å²) in [4.78, 5) is 19.1. The predicted molar refractivity (Wildman–Crippen MR) is 80.6 cm³/mol. The van der Waals surface area contributed by atoms with Gasteiger partial charge in [-0.3, -0.25) is 10.1 Å². The Morgan fingerprint density at radius 3 is 2.71 bits per heavy atom. The summed E-state index contributed by atoms with van der Waals surface area (Å²) < 4.78 is 5.11. The zero-order chi connectivity index (χ0) is 15.1. The highest BCUT2D eigenvalue weighted by Crippen LogP contribution is 2.18. The van der Waals surface area contributed by atoms with Crippen molar-refractivity contribution in [2.75, 3.05) is 18.5 Å². The summed E-state index contributed by atoms with van der Waals surface area (Å²) in [5, 5.41) is 6.07. The molecule has 0 aliphatic heterocycles. The summed E-state index contributed by atoms with van der Waals surface area (Å²) in [6, 6.07) is 8.85. The van der Waals surface area contributed by atoms with Crippen LogP contribution in [0, 0.1) is 0 Å². The molecule has 0 fully saturated rings. The van der Waals surface area contributed by atoms with Crippen molar-refractivity contribution < 1.29 is 9.53 Å². The molecular weight excluding hydrogens is 315 g/mol. The SMILES string of the molecule is O=C(CNCNc1cnc(Cl)nc1Cl)Oc1ccccc1. The molecule has 0 saturated heterocycles. The Morgan fingerprint density at radius 2 is 2.00 bits per heavy atom. The Bertz CT molecular complexity index is 610. The number of rotatable bonds is 6. The smallest absolute Gasteiger partial charge is 0.325 e. The largest absolute Gasteiger partial charge is 0.426 e. The quantitative estimate of drug-likeness (QED) is 0.212. The van der Waals surface area contributed by atoms with Crippen LogP contribution >= 0.6 is 23.2 Å². The molecule has 0 unspecified atom stereocenters. The summed E-state index contributed by atoms with van der Waals surface area (Å²) >= 11 is 11.4. The van der Waals surface area contributed by atoms with Crippen LogP contribution in [0.3, 0.4) is 0 Å². The highest BCUT2D eigenvalue weighted by Gasteiger charge is 2.05. The number of hydrogen-bond donors (Lipinski definition) is 2.